The van der Waals surface area contributed by atoms with Crippen LogP contribution in [-0.4, -0.2) is 36.6 Å². The second-order valence-corrected chi connectivity index (χ2v) is 4.87. The molecule has 0 aromatic heterocycles. The number of nitrogens with zero attached hydrogens (tertiary/aromatic N) is 1. The molecule has 2 heteroatoms. The zero-order chi connectivity index (χ0) is 9.80. The quantitative estimate of drug-likeness (QED) is 0.743. The Morgan fingerprint density at radius 2 is 2.14 bits per heavy atom. The molecule has 2 aliphatic rings. The molecule has 1 saturated carbocycles. The molecule has 0 amide bonds. The van der Waals surface area contributed by atoms with Crippen molar-refractivity contribution in [2.45, 2.75) is 57.5 Å². The highest BCUT2D eigenvalue weighted by Gasteiger charge is 2.27. The molecule has 2 rings (SSSR count). The Kier molecular flexibility index (Phi) is 3.82. The summed E-state index contributed by atoms with van der Waals surface area (Å²) in [4.78, 5) is 2.74. The summed E-state index contributed by atoms with van der Waals surface area (Å²) in [5.74, 6) is 0. The summed E-state index contributed by atoms with van der Waals surface area (Å²) < 4.78 is 0. The molecule has 0 aromatic carbocycles. The molecule has 14 heavy (non-hydrogen) atoms. The fourth-order valence-corrected chi connectivity index (χ4v) is 2.65. The Balaban J connectivity index is 1.83. The number of rotatable bonds is 3. The van der Waals surface area contributed by atoms with Crippen molar-refractivity contribution in [1.82, 2.24) is 10.2 Å². The molecule has 2 fully saturated rings. The first-order valence-corrected chi connectivity index (χ1v) is 6.37. The van der Waals surface area contributed by atoms with E-state index in [1.165, 1.54) is 58.2 Å². The monoisotopic (exact) mass is 196 g/mol. The Morgan fingerprint density at radius 3 is 2.79 bits per heavy atom. The maximum Gasteiger partial charge on any atom is 0.0195 e. The zero-order valence-corrected chi connectivity index (χ0v) is 9.47. The van der Waals surface area contributed by atoms with E-state index in [0.29, 0.717) is 0 Å². The minimum Gasteiger partial charge on any atom is -0.313 e. The van der Waals surface area contributed by atoms with E-state index in [1.54, 1.807) is 0 Å². The lowest BCUT2D eigenvalue weighted by Gasteiger charge is -2.38. The predicted octanol–water partition coefficient (Wildman–Crippen LogP) is 2.00. The van der Waals surface area contributed by atoms with Gasteiger partial charge in [0.15, 0.2) is 0 Å². The summed E-state index contributed by atoms with van der Waals surface area (Å²) in [6.45, 7) is 6.16. The summed E-state index contributed by atoms with van der Waals surface area (Å²) in [5.41, 5.74) is 0. The third-order valence-electron chi connectivity index (χ3n) is 3.74. The van der Waals surface area contributed by atoms with Crippen molar-refractivity contribution in [3.05, 3.63) is 0 Å². The highest BCUT2D eigenvalue weighted by atomic mass is 15.2. The molecule has 2 nitrogen and oxygen atoms in total. The van der Waals surface area contributed by atoms with Gasteiger partial charge in [0.1, 0.15) is 0 Å². The van der Waals surface area contributed by atoms with Crippen LogP contribution in [0.15, 0.2) is 0 Å². The van der Waals surface area contributed by atoms with Gasteiger partial charge in [-0.2, -0.15) is 0 Å². The van der Waals surface area contributed by atoms with E-state index in [-0.39, 0.29) is 0 Å². The summed E-state index contributed by atoms with van der Waals surface area (Å²) in [6.07, 6.45) is 8.39. The third-order valence-corrected chi connectivity index (χ3v) is 3.74. The smallest absolute Gasteiger partial charge is 0.0195 e. The van der Waals surface area contributed by atoms with Gasteiger partial charge in [0.05, 0.1) is 0 Å². The van der Waals surface area contributed by atoms with Crippen molar-refractivity contribution < 1.29 is 0 Å². The second-order valence-electron chi connectivity index (χ2n) is 4.87. The van der Waals surface area contributed by atoms with Gasteiger partial charge >= 0.3 is 0 Å². The molecule has 82 valence electrons. The highest BCUT2D eigenvalue weighted by Crippen LogP contribution is 2.25. The van der Waals surface area contributed by atoms with E-state index in [9.17, 15) is 0 Å². The normalized spacial score (nSPS) is 31.1. The minimum absolute atomic E-state index is 0.767. The number of nitrogens with one attached hydrogen (secondary N) is 1. The van der Waals surface area contributed by atoms with Crippen LogP contribution < -0.4 is 5.32 Å². The van der Waals surface area contributed by atoms with Crippen LogP contribution >= 0.6 is 0 Å². The molecule has 1 heterocycles. The van der Waals surface area contributed by atoms with Crippen LogP contribution in [0.4, 0.5) is 0 Å². The molecule has 0 spiro atoms. The largest absolute Gasteiger partial charge is 0.313 e. The first-order chi connectivity index (χ1) is 6.90. The van der Waals surface area contributed by atoms with Crippen molar-refractivity contribution >= 4 is 0 Å². The lowest BCUT2D eigenvalue weighted by atomic mass is 9.91. The van der Waals surface area contributed by atoms with E-state index < -0.39 is 0 Å². The van der Waals surface area contributed by atoms with Crippen LogP contribution in [-0.2, 0) is 0 Å². The van der Waals surface area contributed by atoms with Gasteiger partial charge < -0.3 is 5.32 Å². The Bertz CT molecular complexity index is 166. The van der Waals surface area contributed by atoms with Crippen LogP contribution in [0.25, 0.3) is 0 Å². The molecule has 1 saturated heterocycles. The topological polar surface area (TPSA) is 15.3 Å². The van der Waals surface area contributed by atoms with Gasteiger partial charge in [0.2, 0.25) is 0 Å². The Hall–Kier alpha value is -0.0800. The van der Waals surface area contributed by atoms with Gasteiger partial charge in [-0.3, -0.25) is 4.90 Å². The molecule has 1 N–H and O–H groups in total. The first-order valence-electron chi connectivity index (χ1n) is 6.37. The van der Waals surface area contributed by atoms with E-state index in [0.717, 1.165) is 12.1 Å². The number of hydrogen-bond acceptors (Lipinski definition) is 2. The van der Waals surface area contributed by atoms with Gasteiger partial charge in [-0.15, -0.1) is 0 Å². The summed E-state index contributed by atoms with van der Waals surface area (Å²) in [7, 11) is 0. The second kappa shape index (κ2) is 5.13. The summed E-state index contributed by atoms with van der Waals surface area (Å²) >= 11 is 0. The van der Waals surface area contributed by atoms with E-state index >= 15 is 0 Å². The van der Waals surface area contributed by atoms with E-state index in [4.69, 9.17) is 0 Å². The van der Waals surface area contributed by atoms with Crippen molar-refractivity contribution in [3.63, 3.8) is 0 Å². The highest BCUT2D eigenvalue weighted by molar-refractivity contribution is 4.85. The van der Waals surface area contributed by atoms with Gasteiger partial charge in [-0.05, 0) is 38.8 Å². The van der Waals surface area contributed by atoms with Crippen molar-refractivity contribution in [3.8, 4) is 0 Å². The van der Waals surface area contributed by atoms with Crippen LogP contribution in [0.3, 0.4) is 0 Å². The lowest BCUT2D eigenvalue weighted by molar-refractivity contribution is 0.124. The van der Waals surface area contributed by atoms with Crippen LogP contribution in [0.5, 0.6) is 0 Å². The minimum atomic E-state index is 0.767. The van der Waals surface area contributed by atoms with Crippen LogP contribution in [0, 0.1) is 0 Å². The molecule has 0 bridgehead atoms. The Labute approximate surface area is 88.1 Å². The molecule has 1 atom stereocenters. The van der Waals surface area contributed by atoms with Crippen LogP contribution in [0.1, 0.15) is 45.4 Å². The predicted molar refractivity (Wildman–Crippen MR) is 60.5 cm³/mol. The maximum atomic E-state index is 3.67. The van der Waals surface area contributed by atoms with Crippen molar-refractivity contribution in [2.24, 2.45) is 0 Å². The Morgan fingerprint density at radius 1 is 1.29 bits per heavy atom. The van der Waals surface area contributed by atoms with E-state index in [2.05, 4.69) is 17.1 Å². The van der Waals surface area contributed by atoms with Gasteiger partial charge in [-0.1, -0.05) is 19.8 Å². The van der Waals surface area contributed by atoms with E-state index in [1.807, 2.05) is 0 Å². The molecule has 1 unspecified atom stereocenters. The van der Waals surface area contributed by atoms with Gasteiger partial charge in [0.25, 0.3) is 0 Å². The molecular weight excluding hydrogens is 172 g/mol. The molecule has 0 radical (unpaired) electrons. The summed E-state index contributed by atoms with van der Waals surface area (Å²) in [5, 5.41) is 3.67. The first kappa shape index (κ1) is 10.4. The van der Waals surface area contributed by atoms with Gasteiger partial charge in [-0.25, -0.2) is 0 Å². The summed E-state index contributed by atoms with van der Waals surface area (Å²) in [6, 6.07) is 1.71. The average Bonchev–Trinajstić information content (AvgIpc) is 2.28. The molecule has 1 aliphatic heterocycles. The van der Waals surface area contributed by atoms with Crippen LogP contribution in [0.2, 0.25) is 0 Å². The molecule has 1 aliphatic carbocycles. The molecular formula is C12H24N2. The average molecular weight is 196 g/mol. The standard InChI is InChI=1S/C12H24N2/c1-2-5-11-10-14(9-4-8-13-11)12-6-3-7-12/h11-13H,2-10H2,1H3. The lowest BCUT2D eigenvalue weighted by Crippen LogP contribution is -2.45. The SMILES string of the molecule is CCCC1CN(C2CCC2)CCCN1. The fourth-order valence-electron chi connectivity index (χ4n) is 2.65. The number of hydrogen-bond donors (Lipinski definition) is 1. The van der Waals surface area contributed by atoms with Crippen molar-refractivity contribution in [2.75, 3.05) is 19.6 Å². The maximum absolute atomic E-state index is 3.67. The fraction of sp³-hybridized carbons (Fsp3) is 1.00. The zero-order valence-electron chi connectivity index (χ0n) is 9.47. The molecule has 0 aromatic rings. The van der Waals surface area contributed by atoms with Crippen molar-refractivity contribution in [1.29, 1.82) is 0 Å². The van der Waals surface area contributed by atoms with Gasteiger partial charge in [0, 0.05) is 18.6 Å². The third kappa shape index (κ3) is 2.48.